The molecule has 6 nitrogen and oxygen atoms in total. The lowest BCUT2D eigenvalue weighted by Crippen LogP contribution is -2.55. The van der Waals surface area contributed by atoms with Crippen LogP contribution >= 0.6 is 0 Å². The molecule has 4 rings (SSSR count). The maximum atomic E-state index is 12.5. The van der Waals surface area contributed by atoms with E-state index in [0.29, 0.717) is 6.42 Å². The molecule has 6 heteroatoms. The molecule has 1 fully saturated rings. The third kappa shape index (κ3) is 2.00. The van der Waals surface area contributed by atoms with Crippen molar-refractivity contribution in [1.82, 2.24) is 4.90 Å². The van der Waals surface area contributed by atoms with Gasteiger partial charge in [0.05, 0.1) is 18.2 Å². The highest BCUT2D eigenvalue weighted by atomic mass is 16.3. The summed E-state index contributed by atoms with van der Waals surface area (Å²) in [7, 11) is 0. The van der Waals surface area contributed by atoms with Gasteiger partial charge in [0, 0.05) is 19.4 Å². The average Bonchev–Trinajstić information content (AvgIpc) is 2.80. The second kappa shape index (κ2) is 4.51. The summed E-state index contributed by atoms with van der Waals surface area (Å²) in [5.74, 6) is -0.784. The van der Waals surface area contributed by atoms with E-state index in [1.54, 1.807) is 12.2 Å². The van der Waals surface area contributed by atoms with E-state index in [1.165, 1.54) is 11.0 Å². The molecular weight excluding hydrogens is 260 g/mol. The fourth-order valence-electron chi connectivity index (χ4n) is 3.15. The largest absolute Gasteiger partial charge is 0.391 e. The molecule has 1 aliphatic carbocycles. The highest BCUT2D eigenvalue weighted by molar-refractivity contribution is 5.98. The number of amides is 1. The number of ketones is 1. The number of hydrogen-bond acceptors (Lipinski definition) is 5. The topological polar surface area (TPSA) is 104 Å². The number of aliphatic hydroxyl groups excluding tert-OH is 1. The maximum Gasteiger partial charge on any atom is 0.240 e. The molecule has 4 atom stereocenters. The van der Waals surface area contributed by atoms with Crippen LogP contribution < -0.4 is 5.73 Å². The fourth-order valence-corrected chi connectivity index (χ4v) is 3.15. The van der Waals surface area contributed by atoms with Crippen molar-refractivity contribution in [3.8, 4) is 0 Å². The maximum absolute atomic E-state index is 12.5. The molecule has 0 aromatic carbocycles. The minimum atomic E-state index is -1.59. The first-order chi connectivity index (χ1) is 9.40. The Morgan fingerprint density at radius 3 is 2.80 bits per heavy atom. The van der Waals surface area contributed by atoms with Gasteiger partial charge >= 0.3 is 0 Å². The number of carbonyl (C=O) groups is 2. The number of fused-ring (bicyclic) bond motifs is 3. The Morgan fingerprint density at radius 1 is 1.40 bits per heavy atom. The van der Waals surface area contributed by atoms with Crippen molar-refractivity contribution < 1.29 is 19.8 Å². The van der Waals surface area contributed by atoms with E-state index in [-0.39, 0.29) is 25.3 Å². The molecule has 3 aliphatic heterocycles. The third-order valence-corrected chi connectivity index (χ3v) is 4.31. The van der Waals surface area contributed by atoms with Crippen molar-refractivity contribution in [2.24, 2.45) is 5.73 Å². The van der Waals surface area contributed by atoms with Crippen LogP contribution in [0.3, 0.4) is 0 Å². The summed E-state index contributed by atoms with van der Waals surface area (Å²) in [4.78, 5) is 26.2. The molecule has 4 aliphatic rings. The normalized spacial score (nSPS) is 40.9. The molecule has 20 heavy (non-hydrogen) atoms. The second-order valence-electron chi connectivity index (χ2n) is 5.81. The highest BCUT2D eigenvalue weighted by Gasteiger charge is 2.48. The number of hydrogen-bond donors (Lipinski definition) is 3. The molecule has 0 spiro atoms. The number of rotatable bonds is 0. The van der Waals surface area contributed by atoms with E-state index in [9.17, 15) is 19.8 Å². The molecule has 0 radical (unpaired) electrons. The van der Waals surface area contributed by atoms with Crippen LogP contribution in [0, 0.1) is 0 Å². The first kappa shape index (κ1) is 13.5. The van der Waals surface area contributed by atoms with E-state index in [1.807, 2.05) is 0 Å². The molecule has 2 bridgehead atoms. The summed E-state index contributed by atoms with van der Waals surface area (Å²) < 4.78 is 0. The molecule has 0 aromatic rings. The van der Waals surface area contributed by atoms with Crippen LogP contribution in [-0.2, 0) is 9.59 Å². The minimum absolute atomic E-state index is 0.0990. The highest BCUT2D eigenvalue weighted by Crippen LogP contribution is 2.32. The Bertz CT molecular complexity index is 527. The van der Waals surface area contributed by atoms with Crippen LogP contribution in [-0.4, -0.2) is 57.1 Å². The molecular formula is C14H18N2O4. The monoisotopic (exact) mass is 278 g/mol. The molecule has 1 saturated heterocycles. The Kier molecular flexibility index (Phi) is 3.04. The zero-order valence-corrected chi connectivity index (χ0v) is 11.0. The van der Waals surface area contributed by atoms with Crippen LogP contribution in [0.4, 0.5) is 0 Å². The van der Waals surface area contributed by atoms with Gasteiger partial charge in [0.25, 0.3) is 0 Å². The van der Waals surface area contributed by atoms with Crippen molar-refractivity contribution in [3.05, 3.63) is 23.8 Å². The van der Waals surface area contributed by atoms with Crippen LogP contribution in [0.5, 0.6) is 0 Å². The van der Waals surface area contributed by atoms with Crippen LogP contribution in [0.15, 0.2) is 23.8 Å². The van der Waals surface area contributed by atoms with E-state index in [2.05, 4.69) is 0 Å². The van der Waals surface area contributed by atoms with Gasteiger partial charge in [-0.2, -0.15) is 0 Å². The molecule has 0 saturated carbocycles. The Morgan fingerprint density at radius 2 is 2.15 bits per heavy atom. The smallest absolute Gasteiger partial charge is 0.240 e. The Labute approximate surface area is 116 Å². The zero-order valence-electron chi connectivity index (χ0n) is 11.0. The van der Waals surface area contributed by atoms with Gasteiger partial charge in [0.2, 0.25) is 5.91 Å². The van der Waals surface area contributed by atoms with Crippen molar-refractivity contribution in [3.63, 3.8) is 0 Å². The Hall–Kier alpha value is -1.50. The standard InChI is InChI=1S/C14H18N2O4/c15-10-5-8-1-3-14(20,4-2-8)12(18)11-6-9(17)7-16(11)13(10)19/h1-3,9-11,17,20H,4-7,15H2/t9-,10+,11+,14?/m1/s1. The number of nitrogens with zero attached hydrogens (tertiary/aromatic N) is 1. The van der Waals surface area contributed by atoms with Crippen molar-refractivity contribution in [1.29, 1.82) is 0 Å². The number of aliphatic hydroxyl groups is 2. The SMILES string of the molecule is N[C@H]1CC2=CCC(O)(C=C2)C(=O)[C@@H]2C[C@@H](O)CN2C1=O. The summed E-state index contributed by atoms with van der Waals surface area (Å²) in [5, 5.41) is 20.2. The summed E-state index contributed by atoms with van der Waals surface area (Å²) >= 11 is 0. The molecule has 1 amide bonds. The summed E-state index contributed by atoms with van der Waals surface area (Å²) in [6.45, 7) is 0.0990. The zero-order chi connectivity index (χ0) is 14.5. The first-order valence-electron chi connectivity index (χ1n) is 6.80. The van der Waals surface area contributed by atoms with Gasteiger partial charge in [-0.25, -0.2) is 0 Å². The predicted octanol–water partition coefficient (Wildman–Crippen LogP) is -1.13. The van der Waals surface area contributed by atoms with Gasteiger partial charge < -0.3 is 20.8 Å². The molecule has 1 unspecified atom stereocenters. The van der Waals surface area contributed by atoms with E-state index < -0.39 is 29.6 Å². The quantitative estimate of drug-likeness (QED) is 0.520. The average molecular weight is 278 g/mol. The predicted molar refractivity (Wildman–Crippen MR) is 70.5 cm³/mol. The number of carbonyl (C=O) groups excluding carboxylic acids is 2. The lowest BCUT2D eigenvalue weighted by atomic mass is 9.82. The summed E-state index contributed by atoms with van der Waals surface area (Å²) in [6, 6.07) is -1.53. The van der Waals surface area contributed by atoms with Gasteiger partial charge in [0.15, 0.2) is 5.78 Å². The van der Waals surface area contributed by atoms with Crippen molar-refractivity contribution in [2.45, 2.75) is 43.1 Å². The van der Waals surface area contributed by atoms with E-state index >= 15 is 0 Å². The van der Waals surface area contributed by atoms with Crippen LogP contribution in [0.25, 0.3) is 0 Å². The van der Waals surface area contributed by atoms with Gasteiger partial charge in [-0.1, -0.05) is 17.7 Å². The van der Waals surface area contributed by atoms with Gasteiger partial charge in [-0.05, 0) is 12.5 Å². The lowest BCUT2D eigenvalue weighted by Gasteiger charge is -2.34. The third-order valence-electron chi connectivity index (χ3n) is 4.31. The Balaban J connectivity index is 2.03. The van der Waals surface area contributed by atoms with Gasteiger partial charge in [-0.3, -0.25) is 9.59 Å². The molecule has 4 N–H and O–H groups in total. The van der Waals surface area contributed by atoms with Crippen molar-refractivity contribution in [2.75, 3.05) is 6.54 Å². The summed E-state index contributed by atoms with van der Waals surface area (Å²) in [6.07, 6.45) is 4.88. The molecule has 0 aromatic heterocycles. The molecule has 3 heterocycles. The number of allylic oxidation sites excluding steroid dienone is 1. The van der Waals surface area contributed by atoms with E-state index in [0.717, 1.165) is 5.57 Å². The van der Waals surface area contributed by atoms with Crippen LogP contribution in [0.2, 0.25) is 0 Å². The minimum Gasteiger partial charge on any atom is -0.391 e. The van der Waals surface area contributed by atoms with E-state index in [4.69, 9.17) is 5.73 Å². The number of Topliss-reactive ketones (excluding diaryl/α,β-unsaturated/α-hetero) is 1. The van der Waals surface area contributed by atoms with Gasteiger partial charge in [-0.15, -0.1) is 0 Å². The van der Waals surface area contributed by atoms with Gasteiger partial charge in [0.1, 0.15) is 5.60 Å². The lowest BCUT2D eigenvalue weighted by molar-refractivity contribution is -0.145. The first-order valence-corrected chi connectivity index (χ1v) is 6.80. The fraction of sp³-hybridized carbons (Fsp3) is 0.571. The summed E-state index contributed by atoms with van der Waals surface area (Å²) in [5.41, 5.74) is 5.17. The molecule has 108 valence electrons. The second-order valence-corrected chi connectivity index (χ2v) is 5.81. The number of nitrogens with two attached hydrogens (primary N) is 1. The van der Waals surface area contributed by atoms with Crippen LogP contribution in [0.1, 0.15) is 19.3 Å². The van der Waals surface area contributed by atoms with Crippen molar-refractivity contribution >= 4 is 11.7 Å².